The first-order valence-electron chi connectivity index (χ1n) is 7.28. The molecule has 1 heterocycles. The fraction of sp³-hybridized carbons (Fsp3) is 0.412. The Hall–Kier alpha value is -1.26. The highest BCUT2D eigenvalue weighted by atomic mass is 79.9. The largest absolute Gasteiger partial charge is 0.485 e. The normalized spacial score (nSPS) is 10.9. The van der Waals surface area contributed by atoms with Gasteiger partial charge in [-0.05, 0) is 56.1 Å². The molecule has 4 heteroatoms. The van der Waals surface area contributed by atoms with E-state index in [0.29, 0.717) is 6.61 Å². The van der Waals surface area contributed by atoms with E-state index in [1.807, 2.05) is 25.1 Å². The summed E-state index contributed by atoms with van der Waals surface area (Å²) in [4.78, 5) is 0. The van der Waals surface area contributed by atoms with E-state index in [1.165, 1.54) is 5.56 Å². The summed E-state index contributed by atoms with van der Waals surface area (Å²) < 4.78 is 12.7. The third-order valence-electron chi connectivity index (χ3n) is 3.30. The fourth-order valence-electron chi connectivity index (χ4n) is 2.09. The zero-order valence-electron chi connectivity index (χ0n) is 12.8. The van der Waals surface area contributed by atoms with E-state index in [0.717, 1.165) is 46.8 Å². The highest BCUT2D eigenvalue weighted by Gasteiger charge is 2.09. The predicted octanol–water partition coefficient (Wildman–Crippen LogP) is 4.74. The summed E-state index contributed by atoms with van der Waals surface area (Å²) >= 11 is 3.46. The maximum Gasteiger partial charge on any atom is 0.146 e. The number of rotatable bonds is 7. The SMILES string of the molecule is CCCNCc1oc(COc2cc(Br)ccc2C)cc1C. The minimum Gasteiger partial charge on any atom is -0.485 e. The van der Waals surface area contributed by atoms with Crippen molar-refractivity contribution in [3.8, 4) is 5.75 Å². The van der Waals surface area contributed by atoms with Crippen LogP contribution in [0.5, 0.6) is 5.75 Å². The lowest BCUT2D eigenvalue weighted by molar-refractivity contribution is 0.263. The second kappa shape index (κ2) is 7.66. The number of halogens is 1. The first kappa shape index (κ1) is 16.1. The van der Waals surface area contributed by atoms with E-state index in [9.17, 15) is 0 Å². The zero-order chi connectivity index (χ0) is 15.2. The standard InChI is InChI=1S/C17H22BrNO2/c1-4-7-19-10-17-13(3)8-15(21-17)11-20-16-9-14(18)6-5-12(16)2/h5-6,8-9,19H,4,7,10-11H2,1-3H3. The second-order valence-corrected chi connectivity index (χ2v) is 6.11. The number of aryl methyl sites for hydroxylation is 2. The third-order valence-corrected chi connectivity index (χ3v) is 3.80. The van der Waals surface area contributed by atoms with Gasteiger partial charge in [-0.2, -0.15) is 0 Å². The molecule has 114 valence electrons. The van der Waals surface area contributed by atoms with Crippen LogP contribution in [0, 0.1) is 13.8 Å². The predicted molar refractivity (Wildman–Crippen MR) is 88.7 cm³/mol. The van der Waals surface area contributed by atoms with Crippen molar-refractivity contribution in [1.82, 2.24) is 5.32 Å². The summed E-state index contributed by atoms with van der Waals surface area (Å²) in [5.41, 5.74) is 2.29. The third kappa shape index (κ3) is 4.61. The number of nitrogens with one attached hydrogen (secondary N) is 1. The molecule has 0 spiro atoms. The highest BCUT2D eigenvalue weighted by molar-refractivity contribution is 9.10. The molecule has 0 amide bonds. The van der Waals surface area contributed by atoms with E-state index in [-0.39, 0.29) is 0 Å². The smallest absolute Gasteiger partial charge is 0.146 e. The fourth-order valence-corrected chi connectivity index (χ4v) is 2.43. The molecule has 2 aromatic rings. The lowest BCUT2D eigenvalue weighted by Crippen LogP contribution is -2.13. The summed E-state index contributed by atoms with van der Waals surface area (Å²) in [6.45, 7) is 8.49. The molecule has 2 rings (SSSR count). The molecule has 0 unspecified atom stereocenters. The van der Waals surface area contributed by atoms with Crippen LogP contribution in [-0.4, -0.2) is 6.54 Å². The Morgan fingerprint density at radius 3 is 2.76 bits per heavy atom. The van der Waals surface area contributed by atoms with Crippen molar-refractivity contribution in [2.75, 3.05) is 6.54 Å². The van der Waals surface area contributed by atoms with Gasteiger partial charge >= 0.3 is 0 Å². The Kier molecular flexibility index (Phi) is 5.88. The van der Waals surface area contributed by atoms with Crippen LogP contribution >= 0.6 is 15.9 Å². The monoisotopic (exact) mass is 351 g/mol. The number of ether oxygens (including phenoxy) is 1. The van der Waals surface area contributed by atoms with Crippen LogP contribution in [0.15, 0.2) is 33.2 Å². The first-order valence-corrected chi connectivity index (χ1v) is 8.07. The van der Waals surface area contributed by atoms with Crippen LogP contribution in [0.1, 0.15) is 36.0 Å². The van der Waals surface area contributed by atoms with Gasteiger partial charge in [0.2, 0.25) is 0 Å². The van der Waals surface area contributed by atoms with Crippen LogP contribution in [0.3, 0.4) is 0 Å². The molecule has 1 aromatic carbocycles. The highest BCUT2D eigenvalue weighted by Crippen LogP contribution is 2.24. The van der Waals surface area contributed by atoms with Crippen molar-refractivity contribution < 1.29 is 9.15 Å². The van der Waals surface area contributed by atoms with Gasteiger partial charge in [0.15, 0.2) is 0 Å². The van der Waals surface area contributed by atoms with Gasteiger partial charge in [-0.3, -0.25) is 0 Å². The van der Waals surface area contributed by atoms with Gasteiger partial charge in [-0.1, -0.05) is 28.9 Å². The number of furan rings is 1. The van der Waals surface area contributed by atoms with Gasteiger partial charge in [-0.25, -0.2) is 0 Å². The Balaban J connectivity index is 1.97. The zero-order valence-corrected chi connectivity index (χ0v) is 14.4. The molecule has 1 aromatic heterocycles. The number of benzene rings is 1. The molecular formula is C17H22BrNO2. The molecule has 0 atom stereocenters. The van der Waals surface area contributed by atoms with Crippen LogP contribution in [0.25, 0.3) is 0 Å². The van der Waals surface area contributed by atoms with Crippen molar-refractivity contribution in [2.24, 2.45) is 0 Å². The van der Waals surface area contributed by atoms with Gasteiger partial charge in [0.1, 0.15) is 23.9 Å². The minimum atomic E-state index is 0.450. The molecule has 0 saturated carbocycles. The Morgan fingerprint density at radius 1 is 1.19 bits per heavy atom. The quantitative estimate of drug-likeness (QED) is 0.731. The van der Waals surface area contributed by atoms with E-state index in [4.69, 9.17) is 9.15 Å². The van der Waals surface area contributed by atoms with Crippen LogP contribution < -0.4 is 10.1 Å². The van der Waals surface area contributed by atoms with Gasteiger partial charge in [-0.15, -0.1) is 0 Å². The van der Waals surface area contributed by atoms with Crippen molar-refractivity contribution in [3.05, 3.63) is 51.4 Å². The maximum atomic E-state index is 5.85. The van der Waals surface area contributed by atoms with Crippen molar-refractivity contribution in [2.45, 2.75) is 40.3 Å². The first-order chi connectivity index (χ1) is 10.1. The van der Waals surface area contributed by atoms with Crippen molar-refractivity contribution in [3.63, 3.8) is 0 Å². The molecule has 21 heavy (non-hydrogen) atoms. The average Bonchev–Trinajstić information content (AvgIpc) is 2.81. The van der Waals surface area contributed by atoms with Crippen LogP contribution in [-0.2, 0) is 13.2 Å². The lowest BCUT2D eigenvalue weighted by atomic mass is 10.2. The molecule has 3 nitrogen and oxygen atoms in total. The Bertz CT molecular complexity index is 592. The van der Waals surface area contributed by atoms with Gasteiger partial charge in [0.25, 0.3) is 0 Å². The molecule has 0 aliphatic rings. The van der Waals surface area contributed by atoms with E-state index in [1.54, 1.807) is 0 Å². The van der Waals surface area contributed by atoms with E-state index < -0.39 is 0 Å². The number of hydrogen-bond acceptors (Lipinski definition) is 3. The van der Waals surface area contributed by atoms with Gasteiger partial charge in [0.05, 0.1) is 6.54 Å². The Labute approximate surface area is 134 Å². The Morgan fingerprint density at radius 2 is 2.00 bits per heavy atom. The average molecular weight is 352 g/mol. The summed E-state index contributed by atoms with van der Waals surface area (Å²) in [5, 5.41) is 3.36. The van der Waals surface area contributed by atoms with Gasteiger partial charge < -0.3 is 14.5 Å². The van der Waals surface area contributed by atoms with Crippen molar-refractivity contribution in [1.29, 1.82) is 0 Å². The van der Waals surface area contributed by atoms with Crippen LogP contribution in [0.2, 0.25) is 0 Å². The summed E-state index contributed by atoms with van der Waals surface area (Å²) in [6.07, 6.45) is 1.12. The minimum absolute atomic E-state index is 0.450. The van der Waals surface area contributed by atoms with E-state index in [2.05, 4.69) is 41.2 Å². The van der Waals surface area contributed by atoms with Crippen molar-refractivity contribution >= 4 is 15.9 Å². The molecule has 0 radical (unpaired) electrons. The lowest BCUT2D eigenvalue weighted by Gasteiger charge is -2.08. The maximum absolute atomic E-state index is 5.85. The molecule has 0 saturated heterocycles. The number of hydrogen-bond donors (Lipinski definition) is 1. The summed E-state index contributed by atoms with van der Waals surface area (Å²) in [7, 11) is 0. The molecular weight excluding hydrogens is 330 g/mol. The molecule has 1 N–H and O–H groups in total. The molecule has 0 fully saturated rings. The topological polar surface area (TPSA) is 34.4 Å². The molecule has 0 bridgehead atoms. The molecule has 0 aliphatic heterocycles. The summed E-state index contributed by atoms with van der Waals surface area (Å²) in [6, 6.07) is 8.08. The van der Waals surface area contributed by atoms with Gasteiger partial charge in [0, 0.05) is 4.47 Å². The second-order valence-electron chi connectivity index (χ2n) is 5.19. The summed E-state index contributed by atoms with van der Waals surface area (Å²) in [5.74, 6) is 2.73. The van der Waals surface area contributed by atoms with Crippen LogP contribution in [0.4, 0.5) is 0 Å². The van der Waals surface area contributed by atoms with E-state index >= 15 is 0 Å². The molecule has 0 aliphatic carbocycles.